The normalized spacial score (nSPS) is 12.6. The van der Waals surface area contributed by atoms with E-state index in [0.29, 0.717) is 17.3 Å². The first kappa shape index (κ1) is 30.2. The maximum atomic E-state index is 12.7. The molecule has 1 aliphatic rings. The largest absolute Gasteiger partial charge is 0.494 e. The average Bonchev–Trinajstić information content (AvgIpc) is 3.43. The molecule has 0 aliphatic carbocycles. The van der Waals surface area contributed by atoms with Gasteiger partial charge in [0.1, 0.15) is 5.75 Å². The fourth-order valence-corrected chi connectivity index (χ4v) is 5.43. The Balaban J connectivity index is 1.30. The number of amides is 2. The van der Waals surface area contributed by atoms with Crippen molar-refractivity contribution in [2.45, 2.75) is 90.5 Å². The minimum atomic E-state index is -0.323. The molecule has 0 bridgehead atoms. The highest BCUT2D eigenvalue weighted by Crippen LogP contribution is 2.28. The number of hydrogen-bond acceptors (Lipinski definition) is 4. The summed E-state index contributed by atoms with van der Waals surface area (Å²) in [5.41, 5.74) is 2.40. The number of para-hydroxylation sites is 1. The van der Waals surface area contributed by atoms with Crippen LogP contribution in [0.25, 0.3) is 0 Å². The molecule has 7 heteroatoms. The van der Waals surface area contributed by atoms with Crippen LogP contribution in [0.4, 0.5) is 16.2 Å². The van der Waals surface area contributed by atoms with Crippen molar-refractivity contribution < 1.29 is 9.53 Å². The lowest BCUT2D eigenvalue weighted by Crippen LogP contribution is -2.21. The first-order valence-electron chi connectivity index (χ1n) is 14.3. The monoisotopic (exact) mass is 557 g/mol. The zero-order chi connectivity index (χ0) is 26.8. The quantitative estimate of drug-likeness (QED) is 0.179. The second-order valence-corrected chi connectivity index (χ2v) is 11.2. The van der Waals surface area contributed by atoms with Crippen molar-refractivity contribution in [1.82, 2.24) is 4.90 Å². The van der Waals surface area contributed by atoms with Crippen LogP contribution in [0.3, 0.4) is 0 Å². The molecule has 0 radical (unpaired) electrons. The highest BCUT2D eigenvalue weighted by Gasteiger charge is 2.12. The van der Waals surface area contributed by atoms with Crippen molar-refractivity contribution in [3.63, 3.8) is 0 Å². The number of unbranched alkanes of at least 4 members (excludes halogenated alkanes) is 11. The molecule has 2 aromatic rings. The van der Waals surface area contributed by atoms with E-state index in [1.807, 2.05) is 30.3 Å². The fourth-order valence-electron chi connectivity index (χ4n) is 4.50. The number of rotatable bonds is 18. The van der Waals surface area contributed by atoms with E-state index in [-0.39, 0.29) is 6.03 Å². The molecule has 2 N–H and O–H groups in total. The molecule has 0 atom stereocenters. The van der Waals surface area contributed by atoms with Gasteiger partial charge in [-0.25, -0.2) is 4.79 Å². The number of urea groups is 1. The Morgan fingerprint density at radius 3 is 2.21 bits per heavy atom. The second-order valence-electron chi connectivity index (χ2n) is 9.94. The lowest BCUT2D eigenvalue weighted by molar-refractivity contribution is 0.262. The zero-order valence-electron chi connectivity index (χ0n) is 22.9. The van der Waals surface area contributed by atoms with E-state index in [0.717, 1.165) is 35.8 Å². The maximum absolute atomic E-state index is 12.7. The van der Waals surface area contributed by atoms with Gasteiger partial charge in [0.25, 0.3) is 0 Å². The Morgan fingerprint density at radius 1 is 0.895 bits per heavy atom. The van der Waals surface area contributed by atoms with Crippen molar-refractivity contribution >= 4 is 40.8 Å². The summed E-state index contributed by atoms with van der Waals surface area (Å²) in [7, 11) is 0. The molecule has 2 amide bonds. The van der Waals surface area contributed by atoms with E-state index >= 15 is 0 Å². The van der Waals surface area contributed by atoms with Gasteiger partial charge in [-0.1, -0.05) is 107 Å². The zero-order valence-corrected chi connectivity index (χ0v) is 24.4. The molecule has 1 heterocycles. The molecule has 2 aromatic carbocycles. The van der Waals surface area contributed by atoms with Gasteiger partial charge in [0.2, 0.25) is 0 Å². The van der Waals surface area contributed by atoms with Gasteiger partial charge in [-0.05, 0) is 35.6 Å². The number of ether oxygens (including phenoxy) is 1. The van der Waals surface area contributed by atoms with Crippen molar-refractivity contribution in [1.29, 1.82) is 0 Å². The third kappa shape index (κ3) is 11.6. The van der Waals surface area contributed by atoms with E-state index in [1.165, 1.54) is 70.6 Å². The highest BCUT2D eigenvalue weighted by molar-refractivity contribution is 8.02. The molecule has 3 rings (SSSR count). The minimum absolute atomic E-state index is 0.323. The summed E-state index contributed by atoms with van der Waals surface area (Å²) >= 11 is 8.20. The lowest BCUT2D eigenvalue weighted by Gasteiger charge is -2.18. The van der Waals surface area contributed by atoms with Crippen LogP contribution in [0.15, 0.2) is 54.1 Å². The summed E-state index contributed by atoms with van der Waals surface area (Å²) in [5.74, 6) is 1.65. The maximum Gasteiger partial charge on any atom is 0.323 e. The number of anilines is 2. The molecule has 0 spiro atoms. The standard InChI is InChI=1S/C31H44ClN3O2S/c1-2-3-4-5-6-7-8-9-10-11-12-15-21-37-27-18-19-30(28(32)23-27)34-31(36)33-29-17-14-13-16-26(29)24-35-20-22-38-25-35/h13-14,16-20,22-23H,2-12,15,21,24-25H2,1H3,(H2,33,34,36). The number of nitrogens with one attached hydrogen (secondary N) is 2. The SMILES string of the molecule is CCCCCCCCCCCCCCOc1ccc(NC(=O)Nc2ccccc2CN2C=CSC2)c(Cl)c1. The summed E-state index contributed by atoms with van der Waals surface area (Å²) in [6, 6.07) is 12.9. The van der Waals surface area contributed by atoms with Crippen LogP contribution in [-0.4, -0.2) is 23.4 Å². The van der Waals surface area contributed by atoms with Crippen LogP contribution in [-0.2, 0) is 6.54 Å². The molecule has 0 saturated carbocycles. The molecular weight excluding hydrogens is 514 g/mol. The van der Waals surface area contributed by atoms with Crippen molar-refractivity contribution in [2.75, 3.05) is 23.1 Å². The van der Waals surface area contributed by atoms with E-state index in [2.05, 4.69) is 34.1 Å². The summed E-state index contributed by atoms with van der Waals surface area (Å²) < 4.78 is 5.89. The van der Waals surface area contributed by atoms with E-state index in [9.17, 15) is 4.79 Å². The second kappa shape index (κ2) is 18.1. The predicted molar refractivity (Wildman–Crippen MR) is 164 cm³/mol. The molecular formula is C31H44ClN3O2S. The molecule has 38 heavy (non-hydrogen) atoms. The van der Waals surface area contributed by atoms with Crippen LogP contribution in [0.1, 0.15) is 89.5 Å². The Hall–Kier alpha value is -2.31. The van der Waals surface area contributed by atoms with Crippen molar-refractivity contribution in [3.8, 4) is 5.75 Å². The number of carbonyl (C=O) groups excluding carboxylic acids is 1. The van der Waals surface area contributed by atoms with Gasteiger partial charge < -0.3 is 20.3 Å². The summed E-state index contributed by atoms with van der Waals surface area (Å²) in [4.78, 5) is 14.9. The topological polar surface area (TPSA) is 53.6 Å². The van der Waals surface area contributed by atoms with Crippen LogP contribution >= 0.6 is 23.4 Å². The number of nitrogens with zero attached hydrogens (tertiary/aromatic N) is 1. The molecule has 1 aliphatic heterocycles. The third-order valence-electron chi connectivity index (χ3n) is 6.70. The molecule has 208 valence electrons. The third-order valence-corrected chi connectivity index (χ3v) is 7.81. The first-order valence-corrected chi connectivity index (χ1v) is 15.7. The molecule has 5 nitrogen and oxygen atoms in total. The smallest absolute Gasteiger partial charge is 0.323 e. The van der Waals surface area contributed by atoms with Gasteiger partial charge in [0, 0.05) is 24.5 Å². The molecule has 0 aromatic heterocycles. The molecule has 0 unspecified atom stereocenters. The predicted octanol–water partition coefficient (Wildman–Crippen LogP) is 10.0. The summed E-state index contributed by atoms with van der Waals surface area (Å²) in [6.07, 6.45) is 18.0. The van der Waals surface area contributed by atoms with Gasteiger partial charge in [-0.3, -0.25) is 0 Å². The first-order chi connectivity index (χ1) is 18.7. The van der Waals surface area contributed by atoms with Crippen LogP contribution in [0, 0.1) is 0 Å². The van der Waals surface area contributed by atoms with Crippen LogP contribution < -0.4 is 15.4 Å². The Bertz CT molecular complexity index is 1000. The minimum Gasteiger partial charge on any atom is -0.494 e. The number of carbonyl (C=O) groups is 1. The van der Waals surface area contributed by atoms with Crippen molar-refractivity contribution in [3.05, 3.63) is 64.7 Å². The average molecular weight is 558 g/mol. The Morgan fingerprint density at radius 2 is 1.55 bits per heavy atom. The van der Waals surface area contributed by atoms with Gasteiger partial charge in [0.05, 0.1) is 23.2 Å². The highest BCUT2D eigenvalue weighted by atomic mass is 35.5. The molecule has 0 saturated heterocycles. The number of benzene rings is 2. The van der Waals surface area contributed by atoms with Gasteiger partial charge in [-0.15, -0.1) is 11.8 Å². The van der Waals surface area contributed by atoms with E-state index in [1.54, 1.807) is 23.9 Å². The van der Waals surface area contributed by atoms with Crippen LogP contribution in [0.5, 0.6) is 5.75 Å². The van der Waals surface area contributed by atoms with Crippen LogP contribution in [0.2, 0.25) is 5.02 Å². The van der Waals surface area contributed by atoms with E-state index in [4.69, 9.17) is 16.3 Å². The number of halogens is 1. The summed E-state index contributed by atoms with van der Waals surface area (Å²) in [6.45, 7) is 3.69. The Kier molecular flexibility index (Phi) is 14.4. The number of thioether (sulfide) groups is 1. The van der Waals surface area contributed by atoms with E-state index < -0.39 is 0 Å². The number of hydrogen-bond donors (Lipinski definition) is 2. The molecule has 0 fully saturated rings. The van der Waals surface area contributed by atoms with Crippen molar-refractivity contribution in [2.24, 2.45) is 0 Å². The summed E-state index contributed by atoms with van der Waals surface area (Å²) in [5, 5.41) is 8.35. The Labute approximate surface area is 238 Å². The fraction of sp³-hybridized carbons (Fsp3) is 0.516. The lowest BCUT2D eigenvalue weighted by atomic mass is 10.1. The van der Waals surface area contributed by atoms with Gasteiger partial charge in [0.15, 0.2) is 0 Å². The van der Waals surface area contributed by atoms with Gasteiger partial charge >= 0.3 is 6.03 Å². The van der Waals surface area contributed by atoms with Gasteiger partial charge in [-0.2, -0.15) is 0 Å².